The van der Waals surface area contributed by atoms with Crippen LogP contribution in [0, 0.1) is 29.1 Å². The summed E-state index contributed by atoms with van der Waals surface area (Å²) in [6.07, 6.45) is 18.0. The van der Waals surface area contributed by atoms with Crippen LogP contribution < -0.4 is 0 Å². The summed E-state index contributed by atoms with van der Waals surface area (Å²) >= 11 is 0. The average molecular weight is 545 g/mol. The van der Waals surface area contributed by atoms with Crippen LogP contribution in [0.4, 0.5) is 0 Å². The van der Waals surface area contributed by atoms with Crippen molar-refractivity contribution in [2.45, 2.75) is 135 Å². The lowest BCUT2D eigenvalue weighted by atomic mass is 9.61. The highest BCUT2D eigenvalue weighted by Gasteiger charge is 2.51. The van der Waals surface area contributed by atoms with Crippen LogP contribution in [0.25, 0.3) is 0 Å². The first kappa shape index (κ1) is 32.3. The molecule has 3 rings (SSSR count). The fourth-order valence-electron chi connectivity index (χ4n) is 7.66. The minimum absolute atomic E-state index is 0.262. The lowest BCUT2D eigenvalue weighted by Crippen LogP contribution is -2.59. The molecule has 3 aliphatic carbocycles. The van der Waals surface area contributed by atoms with Gasteiger partial charge in [-0.1, -0.05) is 68.4 Å². The molecule has 39 heavy (non-hydrogen) atoms. The van der Waals surface area contributed by atoms with E-state index in [1.165, 1.54) is 31.3 Å². The van der Waals surface area contributed by atoms with Gasteiger partial charge in [-0.2, -0.15) is 0 Å². The summed E-state index contributed by atoms with van der Waals surface area (Å²) in [5, 5.41) is 53.3. The molecule has 0 aromatic rings. The molecule has 222 valence electrons. The third-order valence-electron chi connectivity index (χ3n) is 10.0. The molecule has 0 aromatic heterocycles. The Balaban J connectivity index is 1.70. The van der Waals surface area contributed by atoms with Gasteiger partial charge in [0.15, 0.2) is 0 Å². The zero-order valence-electron chi connectivity index (χ0n) is 25.5. The molecule has 5 heteroatoms. The van der Waals surface area contributed by atoms with Gasteiger partial charge in [-0.15, -0.1) is 0 Å². The Bertz CT molecular complexity index is 932. The van der Waals surface area contributed by atoms with Crippen LogP contribution >= 0.6 is 0 Å². The zero-order chi connectivity index (χ0) is 29.2. The van der Waals surface area contributed by atoms with Gasteiger partial charge < -0.3 is 25.5 Å². The smallest absolute Gasteiger partial charge is 0.123 e. The molecule has 0 amide bonds. The van der Waals surface area contributed by atoms with E-state index in [0.29, 0.717) is 43.4 Å². The summed E-state index contributed by atoms with van der Waals surface area (Å²) in [5.74, 6) is 1.20. The second-order valence-corrected chi connectivity index (χ2v) is 14.5. The summed E-state index contributed by atoms with van der Waals surface area (Å²) in [4.78, 5) is 0. The van der Waals surface area contributed by atoms with E-state index in [-0.39, 0.29) is 5.41 Å². The van der Waals surface area contributed by atoms with Crippen LogP contribution in [-0.4, -0.2) is 54.5 Å². The molecule has 5 N–H and O–H groups in total. The molecule has 5 nitrogen and oxygen atoms in total. The normalized spacial score (nSPS) is 37.0. The van der Waals surface area contributed by atoms with Gasteiger partial charge in [0.2, 0.25) is 0 Å². The van der Waals surface area contributed by atoms with Crippen LogP contribution in [0.3, 0.4) is 0 Å². The summed E-state index contributed by atoms with van der Waals surface area (Å²) in [6, 6.07) is 0. The Morgan fingerprint density at radius 3 is 2.03 bits per heavy atom. The van der Waals surface area contributed by atoms with E-state index in [4.69, 9.17) is 0 Å². The molecule has 0 aromatic carbocycles. The van der Waals surface area contributed by atoms with Gasteiger partial charge >= 0.3 is 0 Å². The fraction of sp³-hybridized carbons (Fsp3) is 0.765. The van der Waals surface area contributed by atoms with Crippen molar-refractivity contribution in [3.63, 3.8) is 0 Å². The summed E-state index contributed by atoms with van der Waals surface area (Å²) in [6.45, 7) is 13.8. The maximum atomic E-state index is 11.3. The summed E-state index contributed by atoms with van der Waals surface area (Å²) in [5.41, 5.74) is -0.403. The zero-order valence-corrected chi connectivity index (χ0v) is 25.5. The van der Waals surface area contributed by atoms with Crippen molar-refractivity contribution < 1.29 is 25.5 Å². The number of aliphatic hydroxyl groups is 5. The maximum absolute atomic E-state index is 11.3. The summed E-state index contributed by atoms with van der Waals surface area (Å²) < 4.78 is 0. The summed E-state index contributed by atoms with van der Waals surface area (Å²) in [7, 11) is 0. The van der Waals surface area contributed by atoms with Gasteiger partial charge in [0, 0.05) is 5.92 Å². The number of fused-ring (bicyclic) bond motifs is 1. The Labute approximate surface area is 237 Å². The minimum Gasteiger partial charge on any atom is -0.390 e. The number of aliphatic hydroxyl groups excluding tert-OH is 2. The molecule has 3 saturated carbocycles. The molecule has 0 spiro atoms. The topological polar surface area (TPSA) is 101 Å². The minimum atomic E-state index is -1.61. The monoisotopic (exact) mass is 544 g/mol. The predicted octanol–water partition coefficient (Wildman–Crippen LogP) is 6.01. The molecule has 0 heterocycles. The van der Waals surface area contributed by atoms with Crippen LogP contribution in [0.2, 0.25) is 0 Å². The third-order valence-corrected chi connectivity index (χ3v) is 10.0. The van der Waals surface area contributed by atoms with Crippen molar-refractivity contribution in [2.24, 2.45) is 29.1 Å². The van der Waals surface area contributed by atoms with E-state index < -0.39 is 34.9 Å². The number of rotatable bonds is 9. The molecule has 0 bridgehead atoms. The number of allylic oxidation sites excluding steroid dienone is 4. The molecule has 3 aliphatic rings. The van der Waals surface area contributed by atoms with Crippen molar-refractivity contribution in [3.8, 4) is 0 Å². The van der Waals surface area contributed by atoms with Gasteiger partial charge in [0.05, 0.1) is 23.4 Å². The second kappa shape index (κ2) is 12.3. The highest BCUT2D eigenvalue weighted by atomic mass is 16.4. The highest BCUT2D eigenvalue weighted by Crippen LogP contribution is 2.59. The van der Waals surface area contributed by atoms with Gasteiger partial charge in [-0.05, 0) is 109 Å². The van der Waals surface area contributed by atoms with Crippen molar-refractivity contribution in [3.05, 3.63) is 47.6 Å². The quantitative estimate of drug-likeness (QED) is 0.229. The largest absolute Gasteiger partial charge is 0.390 e. The Kier molecular flexibility index (Phi) is 10.2. The van der Waals surface area contributed by atoms with Crippen LogP contribution in [0.5, 0.6) is 0 Å². The highest BCUT2D eigenvalue weighted by molar-refractivity contribution is 5.28. The standard InChI is InChI=1S/C34H56O5/c1-23(11-8-18-31(3,4)37)27-16-17-28-26(13-10-20-33(27,28)7)15-14-25-21-29(35)34(39,30(36)22-25)24(2)12-9-19-32(5,6)38/h8-9,11-12,14-15,23-24,27-30,35-39H,10,13,16-22H2,1-7H3/b11-8+,12-9+,25-14?,26-15-/t23-,24-,27-,28+,29-,30-,33-,34?/m1/s1. The second-order valence-electron chi connectivity index (χ2n) is 14.5. The molecule has 7 atom stereocenters. The van der Waals surface area contributed by atoms with Gasteiger partial charge in [-0.3, -0.25) is 0 Å². The Morgan fingerprint density at radius 2 is 1.46 bits per heavy atom. The van der Waals surface area contributed by atoms with Crippen LogP contribution in [0.1, 0.15) is 106 Å². The van der Waals surface area contributed by atoms with E-state index in [1.54, 1.807) is 19.9 Å². The first-order valence-corrected chi connectivity index (χ1v) is 15.2. The molecular weight excluding hydrogens is 488 g/mol. The molecule has 3 fully saturated rings. The van der Waals surface area contributed by atoms with E-state index >= 15 is 0 Å². The third kappa shape index (κ3) is 7.74. The molecule has 0 aliphatic heterocycles. The molecule has 0 unspecified atom stereocenters. The first-order valence-electron chi connectivity index (χ1n) is 15.2. The lowest BCUT2D eigenvalue weighted by molar-refractivity contribution is -0.175. The predicted molar refractivity (Wildman–Crippen MR) is 159 cm³/mol. The van der Waals surface area contributed by atoms with Gasteiger partial charge in [0.25, 0.3) is 0 Å². The molecule has 0 radical (unpaired) electrons. The van der Waals surface area contributed by atoms with Gasteiger partial charge in [0.1, 0.15) is 5.60 Å². The van der Waals surface area contributed by atoms with E-state index in [2.05, 4.69) is 38.2 Å². The Morgan fingerprint density at radius 1 is 0.897 bits per heavy atom. The lowest BCUT2D eigenvalue weighted by Gasteiger charge is -2.45. The first-order chi connectivity index (χ1) is 18.0. The van der Waals surface area contributed by atoms with Crippen LogP contribution in [0.15, 0.2) is 47.6 Å². The van der Waals surface area contributed by atoms with Crippen LogP contribution in [-0.2, 0) is 0 Å². The number of hydrogen-bond donors (Lipinski definition) is 5. The Hall–Kier alpha value is -1.24. The SMILES string of the molecule is C[C@H](/C=C/CC(C)(C)O)[C@H]1CC[C@H]2/C(=C\C=C3C[C@@H](O)C(O)([C@H](C)/C=C/CC(C)(C)O)[C@H](O)C3)CCC[C@]12C. The van der Waals surface area contributed by atoms with E-state index in [9.17, 15) is 25.5 Å². The van der Waals surface area contributed by atoms with Crippen molar-refractivity contribution in [1.82, 2.24) is 0 Å². The van der Waals surface area contributed by atoms with Crippen molar-refractivity contribution in [1.29, 1.82) is 0 Å². The van der Waals surface area contributed by atoms with E-state index in [0.717, 1.165) is 12.0 Å². The fourth-order valence-corrected chi connectivity index (χ4v) is 7.66. The average Bonchev–Trinajstić information content (AvgIpc) is 3.16. The van der Waals surface area contributed by atoms with Gasteiger partial charge in [-0.25, -0.2) is 0 Å². The van der Waals surface area contributed by atoms with Crippen molar-refractivity contribution in [2.75, 3.05) is 0 Å². The molecular formula is C34H56O5. The maximum Gasteiger partial charge on any atom is 0.123 e. The van der Waals surface area contributed by atoms with Crippen molar-refractivity contribution >= 4 is 0 Å². The van der Waals surface area contributed by atoms with E-state index in [1.807, 2.05) is 26.8 Å². The molecule has 0 saturated heterocycles. The number of hydrogen-bond acceptors (Lipinski definition) is 5.